The van der Waals surface area contributed by atoms with Crippen LogP contribution in [0, 0.1) is 11.3 Å². The van der Waals surface area contributed by atoms with Crippen molar-refractivity contribution < 1.29 is 14.6 Å². The topological polar surface area (TPSA) is 131 Å². The maximum atomic E-state index is 13.0. The number of fused-ring (bicyclic) bond motifs is 2. The van der Waals surface area contributed by atoms with Gasteiger partial charge < -0.3 is 34.8 Å². The molecule has 4 aliphatic rings. The van der Waals surface area contributed by atoms with Crippen molar-refractivity contribution in [1.29, 1.82) is 5.26 Å². The van der Waals surface area contributed by atoms with Crippen LogP contribution in [-0.4, -0.2) is 102 Å². The second kappa shape index (κ2) is 11.5. The number of anilines is 2. The Balaban J connectivity index is 1.21. The molecule has 0 bridgehead atoms. The van der Waals surface area contributed by atoms with Gasteiger partial charge in [-0.3, -0.25) is 4.79 Å². The number of nitrogens with zero attached hydrogens (tertiary/aromatic N) is 7. The zero-order valence-corrected chi connectivity index (χ0v) is 24.6. The van der Waals surface area contributed by atoms with Crippen molar-refractivity contribution in [2.24, 2.45) is 0 Å². The molecule has 0 unspecified atom stereocenters. The molecule has 2 aromatic carbocycles. The number of likely N-dealkylation sites (tertiary alicyclic amines) is 1. The van der Waals surface area contributed by atoms with E-state index in [1.807, 2.05) is 29.2 Å². The van der Waals surface area contributed by atoms with Crippen LogP contribution in [0.15, 0.2) is 36.4 Å². The van der Waals surface area contributed by atoms with E-state index in [0.717, 1.165) is 65.9 Å². The first-order valence-corrected chi connectivity index (χ1v) is 15.3. The molecule has 11 nitrogen and oxygen atoms in total. The van der Waals surface area contributed by atoms with Crippen LogP contribution in [0.25, 0.3) is 10.8 Å². The van der Waals surface area contributed by atoms with Crippen molar-refractivity contribution in [1.82, 2.24) is 25.1 Å². The van der Waals surface area contributed by atoms with Gasteiger partial charge in [-0.2, -0.15) is 15.2 Å². The standard InChI is InChI=1S/C32H38N8O3/c1-37-11-4-6-23(37)20-43-32-35-28-19-38(29-16-24(41)15-21-5-2-3-7-25(21)29)12-9-26(28)30(36-32)39-13-14-40(22(18-39)8-10-33)31(42)27-17-34-27/h2-3,5,7,15-16,22-23,27,34,41H,4,6,8-9,11-14,17-20H2,1H3/t22-,23-,27-/m0/s1. The average Bonchev–Trinajstić information content (AvgIpc) is 3.79. The second-order valence-electron chi connectivity index (χ2n) is 12.2. The number of hydrogen-bond acceptors (Lipinski definition) is 10. The molecule has 0 radical (unpaired) electrons. The molecule has 3 aromatic rings. The van der Waals surface area contributed by atoms with Gasteiger partial charge in [-0.1, -0.05) is 24.3 Å². The Kier molecular flexibility index (Phi) is 7.41. The fourth-order valence-electron chi connectivity index (χ4n) is 6.87. The molecule has 0 saturated carbocycles. The van der Waals surface area contributed by atoms with Crippen LogP contribution >= 0.6 is 0 Å². The maximum absolute atomic E-state index is 13.0. The Morgan fingerprint density at radius 2 is 2.00 bits per heavy atom. The maximum Gasteiger partial charge on any atom is 0.318 e. The van der Waals surface area contributed by atoms with Gasteiger partial charge in [0, 0.05) is 61.5 Å². The van der Waals surface area contributed by atoms with Crippen LogP contribution < -0.4 is 19.9 Å². The quantitative estimate of drug-likeness (QED) is 0.400. The van der Waals surface area contributed by atoms with E-state index < -0.39 is 0 Å². The minimum Gasteiger partial charge on any atom is -0.508 e. The van der Waals surface area contributed by atoms with E-state index in [0.29, 0.717) is 51.4 Å². The first kappa shape index (κ1) is 27.7. The van der Waals surface area contributed by atoms with Gasteiger partial charge in [0.05, 0.1) is 36.8 Å². The fraction of sp³-hybridized carbons (Fsp3) is 0.500. The highest BCUT2D eigenvalue weighted by atomic mass is 16.5. The summed E-state index contributed by atoms with van der Waals surface area (Å²) in [6.45, 7) is 5.34. The Hall–Kier alpha value is -4.14. The number of piperazine rings is 1. The third kappa shape index (κ3) is 5.53. The molecular formula is C32H38N8O3. The summed E-state index contributed by atoms with van der Waals surface area (Å²) in [7, 11) is 2.13. The number of carbonyl (C=O) groups excluding carboxylic acids is 1. The monoisotopic (exact) mass is 582 g/mol. The first-order valence-electron chi connectivity index (χ1n) is 15.3. The molecule has 3 fully saturated rings. The van der Waals surface area contributed by atoms with Crippen LogP contribution in [-0.2, 0) is 17.8 Å². The molecule has 1 amide bonds. The summed E-state index contributed by atoms with van der Waals surface area (Å²) in [5, 5.41) is 25.3. The zero-order chi connectivity index (χ0) is 29.5. The van der Waals surface area contributed by atoms with E-state index in [2.05, 4.69) is 39.2 Å². The Labute approximate surface area is 251 Å². The smallest absolute Gasteiger partial charge is 0.318 e. The van der Waals surface area contributed by atoms with Gasteiger partial charge in [0.25, 0.3) is 0 Å². The highest BCUT2D eigenvalue weighted by Crippen LogP contribution is 2.37. The van der Waals surface area contributed by atoms with E-state index in [4.69, 9.17) is 14.7 Å². The highest BCUT2D eigenvalue weighted by molar-refractivity contribution is 5.95. The lowest BCUT2D eigenvalue weighted by molar-refractivity contribution is -0.133. The Morgan fingerprint density at radius 1 is 1.14 bits per heavy atom. The number of aromatic hydroxyl groups is 1. The van der Waals surface area contributed by atoms with Crippen LogP contribution in [0.5, 0.6) is 11.8 Å². The average molecular weight is 583 g/mol. The van der Waals surface area contributed by atoms with Gasteiger partial charge in [0.1, 0.15) is 18.2 Å². The number of nitrogens with one attached hydrogen (secondary N) is 1. The van der Waals surface area contributed by atoms with E-state index >= 15 is 0 Å². The molecule has 3 saturated heterocycles. The molecule has 0 aliphatic carbocycles. The largest absolute Gasteiger partial charge is 0.508 e. The number of hydrogen-bond donors (Lipinski definition) is 2. The molecule has 43 heavy (non-hydrogen) atoms. The third-order valence-electron chi connectivity index (χ3n) is 9.36. The number of rotatable bonds is 7. The molecular weight excluding hydrogens is 544 g/mol. The minimum absolute atomic E-state index is 0.0864. The summed E-state index contributed by atoms with van der Waals surface area (Å²) >= 11 is 0. The summed E-state index contributed by atoms with van der Waals surface area (Å²) in [5.74, 6) is 1.17. The number of aromatic nitrogens is 2. The normalized spacial score (nSPS) is 23.7. The molecule has 1 aromatic heterocycles. The number of ether oxygens (including phenoxy) is 1. The predicted molar refractivity (Wildman–Crippen MR) is 163 cm³/mol. The number of amides is 1. The van der Waals surface area contributed by atoms with Crippen LogP contribution in [0.3, 0.4) is 0 Å². The van der Waals surface area contributed by atoms with Crippen LogP contribution in [0.1, 0.15) is 30.5 Å². The summed E-state index contributed by atoms with van der Waals surface area (Å²) in [6, 6.07) is 14.4. The van der Waals surface area contributed by atoms with E-state index in [1.54, 1.807) is 6.07 Å². The fourth-order valence-corrected chi connectivity index (χ4v) is 6.87. The Morgan fingerprint density at radius 3 is 2.79 bits per heavy atom. The number of nitriles is 1. The molecule has 224 valence electrons. The van der Waals surface area contributed by atoms with Crippen molar-refractivity contribution in [2.45, 2.75) is 50.4 Å². The van der Waals surface area contributed by atoms with Gasteiger partial charge in [-0.25, -0.2) is 0 Å². The number of phenols is 1. The molecule has 2 N–H and O–H groups in total. The summed E-state index contributed by atoms with van der Waals surface area (Å²) in [4.78, 5) is 31.6. The molecule has 7 rings (SSSR count). The van der Waals surface area contributed by atoms with Crippen molar-refractivity contribution in [3.63, 3.8) is 0 Å². The van der Waals surface area contributed by atoms with Crippen molar-refractivity contribution in [3.05, 3.63) is 47.7 Å². The number of likely N-dealkylation sites (N-methyl/N-ethyl adjacent to an activating group) is 1. The van der Waals surface area contributed by atoms with Gasteiger partial charge in [-0.05, 0) is 44.3 Å². The lowest BCUT2D eigenvalue weighted by Gasteiger charge is -2.42. The predicted octanol–water partition coefficient (Wildman–Crippen LogP) is 2.27. The number of benzene rings is 2. The number of carbonyl (C=O) groups is 1. The summed E-state index contributed by atoms with van der Waals surface area (Å²) in [6.07, 6.45) is 3.26. The van der Waals surface area contributed by atoms with Gasteiger partial charge >= 0.3 is 6.01 Å². The van der Waals surface area contributed by atoms with Gasteiger partial charge in [0.2, 0.25) is 5.91 Å². The van der Waals surface area contributed by atoms with Crippen LogP contribution in [0.4, 0.5) is 11.5 Å². The molecule has 11 heteroatoms. The van der Waals surface area contributed by atoms with Gasteiger partial charge in [-0.15, -0.1) is 0 Å². The molecule has 0 spiro atoms. The van der Waals surface area contributed by atoms with E-state index in [9.17, 15) is 15.2 Å². The molecule has 4 aliphatic heterocycles. The van der Waals surface area contributed by atoms with Crippen molar-refractivity contribution in [3.8, 4) is 17.8 Å². The second-order valence-corrected chi connectivity index (χ2v) is 12.2. The van der Waals surface area contributed by atoms with Crippen molar-refractivity contribution in [2.75, 3.05) is 62.7 Å². The third-order valence-corrected chi connectivity index (χ3v) is 9.36. The Bertz CT molecular complexity index is 1570. The molecule has 5 heterocycles. The van der Waals surface area contributed by atoms with E-state index in [-0.39, 0.29) is 30.2 Å². The lowest BCUT2D eigenvalue weighted by atomic mass is 10.0. The SMILES string of the molecule is CN1CCC[C@H]1COc1nc2c(c(N3CCN(C(=O)[C@@H]4CN4)[C@@H](CC#N)C3)n1)CCN(c1cc(O)cc3ccccc13)C2. The van der Waals surface area contributed by atoms with Gasteiger partial charge in [0.15, 0.2) is 0 Å². The lowest BCUT2D eigenvalue weighted by Crippen LogP contribution is -2.57. The van der Waals surface area contributed by atoms with Crippen LogP contribution in [0.2, 0.25) is 0 Å². The minimum atomic E-state index is -0.200. The summed E-state index contributed by atoms with van der Waals surface area (Å²) in [5.41, 5.74) is 2.98. The number of phenolic OH excluding ortho intramolecular Hbond substituents is 1. The highest BCUT2D eigenvalue weighted by Gasteiger charge is 2.39. The van der Waals surface area contributed by atoms with Crippen molar-refractivity contribution >= 4 is 28.2 Å². The zero-order valence-electron chi connectivity index (χ0n) is 24.6. The van der Waals surface area contributed by atoms with E-state index in [1.165, 1.54) is 0 Å². The summed E-state index contributed by atoms with van der Waals surface area (Å²) < 4.78 is 6.29. The first-order chi connectivity index (χ1) is 21.0. The molecule has 3 atom stereocenters.